The lowest BCUT2D eigenvalue weighted by Crippen LogP contribution is -3.21. The zero-order chi connectivity index (χ0) is 18.4. The summed E-state index contributed by atoms with van der Waals surface area (Å²) in [6, 6.07) is 9.16. The van der Waals surface area contributed by atoms with Crippen LogP contribution in [0.15, 0.2) is 24.3 Å². The van der Waals surface area contributed by atoms with Gasteiger partial charge in [-0.05, 0) is 36.8 Å². The molecule has 2 fully saturated rings. The monoisotopic (exact) mass is 378 g/mol. The zero-order valence-electron chi connectivity index (χ0n) is 16.2. The number of thiocarbonyl (C=S) groups is 1. The standard InChI is InChI=1S/C20H32N4OS/c1-17-4-3-5-18(16-17)21-20(26)24-8-6-19(7-9-24)22(2)10-11-23-12-14-25-15-13-23/h3-5,16,19H,6-15H2,1-2H3,(H,21,26)/p+2. The number of nitrogens with one attached hydrogen (secondary N) is 3. The van der Waals surface area contributed by atoms with Crippen LogP contribution in [-0.4, -0.2) is 75.6 Å². The van der Waals surface area contributed by atoms with E-state index < -0.39 is 0 Å². The quantitative estimate of drug-likeness (QED) is 0.609. The molecule has 0 amide bonds. The highest BCUT2D eigenvalue weighted by Crippen LogP contribution is 2.13. The lowest BCUT2D eigenvalue weighted by Gasteiger charge is -2.36. The maximum absolute atomic E-state index is 5.63. The van der Waals surface area contributed by atoms with E-state index in [1.807, 2.05) is 0 Å². The molecule has 1 unspecified atom stereocenters. The highest BCUT2D eigenvalue weighted by molar-refractivity contribution is 7.80. The average molecular weight is 379 g/mol. The normalized spacial score (nSPS) is 20.8. The van der Waals surface area contributed by atoms with Gasteiger partial charge in [0.25, 0.3) is 0 Å². The van der Waals surface area contributed by atoms with E-state index in [1.165, 1.54) is 44.6 Å². The first-order chi connectivity index (χ1) is 12.6. The maximum atomic E-state index is 5.63. The van der Waals surface area contributed by atoms with E-state index in [4.69, 9.17) is 17.0 Å². The second kappa shape index (κ2) is 9.65. The van der Waals surface area contributed by atoms with Gasteiger partial charge in [0.1, 0.15) is 26.2 Å². The summed E-state index contributed by atoms with van der Waals surface area (Å²) in [4.78, 5) is 5.71. The molecule has 0 spiro atoms. The van der Waals surface area contributed by atoms with Gasteiger partial charge >= 0.3 is 0 Å². The lowest BCUT2D eigenvalue weighted by atomic mass is 10.0. The van der Waals surface area contributed by atoms with E-state index in [1.54, 1.807) is 9.80 Å². The Morgan fingerprint density at radius 1 is 1.31 bits per heavy atom. The van der Waals surface area contributed by atoms with Gasteiger partial charge in [0.2, 0.25) is 0 Å². The summed E-state index contributed by atoms with van der Waals surface area (Å²) in [5, 5.41) is 4.27. The predicted octanol–water partition coefficient (Wildman–Crippen LogP) is -0.414. The van der Waals surface area contributed by atoms with Crippen molar-refractivity contribution in [2.24, 2.45) is 0 Å². The van der Waals surface area contributed by atoms with Crippen LogP contribution in [0.4, 0.5) is 5.69 Å². The number of benzene rings is 1. The van der Waals surface area contributed by atoms with Crippen LogP contribution in [-0.2, 0) is 4.74 Å². The number of nitrogens with zero attached hydrogens (tertiary/aromatic N) is 1. The summed E-state index contributed by atoms with van der Waals surface area (Å²) in [7, 11) is 2.36. The fourth-order valence-electron chi connectivity index (χ4n) is 3.99. The van der Waals surface area contributed by atoms with Crippen LogP contribution in [0.3, 0.4) is 0 Å². The molecule has 1 atom stereocenters. The van der Waals surface area contributed by atoms with Gasteiger partial charge in [-0.2, -0.15) is 0 Å². The summed E-state index contributed by atoms with van der Waals surface area (Å²) in [6.45, 7) is 10.9. The number of piperidine rings is 1. The fraction of sp³-hybridized carbons (Fsp3) is 0.650. The number of quaternary nitrogens is 2. The number of hydrogen-bond acceptors (Lipinski definition) is 2. The molecule has 3 rings (SSSR count). The number of aryl methyl sites for hydroxylation is 1. The van der Waals surface area contributed by atoms with Gasteiger partial charge < -0.3 is 24.8 Å². The van der Waals surface area contributed by atoms with Crippen LogP contribution < -0.4 is 15.1 Å². The molecular formula is C20H34N4OS+2. The Morgan fingerprint density at radius 3 is 2.73 bits per heavy atom. The number of morpholine rings is 1. The number of ether oxygens (including phenoxy) is 1. The summed E-state index contributed by atoms with van der Waals surface area (Å²) in [6.07, 6.45) is 2.44. The van der Waals surface area contributed by atoms with Crippen molar-refractivity contribution in [2.75, 3.05) is 64.8 Å². The fourth-order valence-corrected chi connectivity index (χ4v) is 4.29. The van der Waals surface area contributed by atoms with Gasteiger partial charge in [-0.25, -0.2) is 0 Å². The number of rotatable bonds is 5. The molecule has 26 heavy (non-hydrogen) atoms. The predicted molar refractivity (Wildman–Crippen MR) is 110 cm³/mol. The second-order valence-corrected chi connectivity index (χ2v) is 8.16. The van der Waals surface area contributed by atoms with Crippen molar-refractivity contribution in [1.29, 1.82) is 0 Å². The molecule has 3 N–H and O–H groups in total. The van der Waals surface area contributed by atoms with E-state index in [9.17, 15) is 0 Å². The topological polar surface area (TPSA) is 33.4 Å². The van der Waals surface area contributed by atoms with Crippen LogP contribution in [0.5, 0.6) is 0 Å². The van der Waals surface area contributed by atoms with Crippen LogP contribution in [0.2, 0.25) is 0 Å². The molecule has 0 radical (unpaired) electrons. The molecule has 2 aliphatic heterocycles. The highest BCUT2D eigenvalue weighted by Gasteiger charge is 2.27. The van der Waals surface area contributed by atoms with Crippen LogP contribution in [0, 0.1) is 6.92 Å². The summed E-state index contributed by atoms with van der Waals surface area (Å²) in [5.74, 6) is 0. The minimum absolute atomic E-state index is 0.758. The average Bonchev–Trinajstić information content (AvgIpc) is 2.67. The molecule has 1 aromatic rings. The number of anilines is 1. The summed E-state index contributed by atoms with van der Waals surface area (Å²) >= 11 is 5.63. The molecule has 144 valence electrons. The van der Waals surface area contributed by atoms with Crippen molar-refractivity contribution >= 4 is 23.0 Å². The Balaban J connectivity index is 1.39. The molecule has 5 nitrogen and oxygen atoms in total. The molecule has 0 aliphatic carbocycles. The number of hydrogen-bond donors (Lipinski definition) is 3. The molecule has 2 saturated heterocycles. The van der Waals surface area contributed by atoms with Gasteiger partial charge in [-0.3, -0.25) is 0 Å². The zero-order valence-corrected chi connectivity index (χ0v) is 17.0. The van der Waals surface area contributed by atoms with Gasteiger partial charge in [-0.15, -0.1) is 0 Å². The molecule has 6 heteroatoms. The van der Waals surface area contributed by atoms with Crippen molar-refractivity contribution < 1.29 is 14.5 Å². The molecule has 0 saturated carbocycles. The van der Waals surface area contributed by atoms with Gasteiger partial charge in [-0.1, -0.05) is 12.1 Å². The third-order valence-corrected chi connectivity index (χ3v) is 6.18. The third kappa shape index (κ3) is 5.64. The SMILES string of the molecule is Cc1cccc(NC(=S)N2CCC([NH+](C)CC[NH+]3CCOCC3)CC2)c1. The van der Waals surface area contributed by atoms with Crippen molar-refractivity contribution in [3.63, 3.8) is 0 Å². The van der Waals surface area contributed by atoms with Crippen LogP contribution in [0.25, 0.3) is 0 Å². The van der Waals surface area contributed by atoms with Crippen LogP contribution in [0.1, 0.15) is 18.4 Å². The molecule has 0 bridgehead atoms. The van der Waals surface area contributed by atoms with E-state index in [-0.39, 0.29) is 0 Å². The number of likely N-dealkylation sites (tertiary alicyclic amines) is 1. The third-order valence-electron chi connectivity index (χ3n) is 5.82. The Bertz CT molecular complexity index is 583. The molecule has 0 aromatic heterocycles. The van der Waals surface area contributed by atoms with E-state index in [0.717, 1.165) is 43.1 Å². The summed E-state index contributed by atoms with van der Waals surface area (Å²) < 4.78 is 5.45. The largest absolute Gasteiger partial charge is 0.370 e. The molecule has 2 aliphatic rings. The summed E-state index contributed by atoms with van der Waals surface area (Å²) in [5.41, 5.74) is 2.34. The second-order valence-electron chi connectivity index (χ2n) is 7.77. The highest BCUT2D eigenvalue weighted by atomic mass is 32.1. The van der Waals surface area contributed by atoms with Crippen LogP contribution >= 0.6 is 12.2 Å². The first-order valence-corrected chi connectivity index (χ1v) is 10.4. The van der Waals surface area contributed by atoms with Gasteiger partial charge in [0.15, 0.2) is 5.11 Å². The van der Waals surface area contributed by atoms with Crippen molar-refractivity contribution in [1.82, 2.24) is 4.90 Å². The van der Waals surface area contributed by atoms with Gasteiger partial charge in [0, 0.05) is 31.6 Å². The molecule has 2 heterocycles. The van der Waals surface area contributed by atoms with E-state index >= 15 is 0 Å². The van der Waals surface area contributed by atoms with Crippen molar-refractivity contribution in [3.05, 3.63) is 29.8 Å². The van der Waals surface area contributed by atoms with E-state index in [2.05, 4.69) is 48.5 Å². The molecule has 1 aromatic carbocycles. The lowest BCUT2D eigenvalue weighted by molar-refractivity contribution is -0.964. The van der Waals surface area contributed by atoms with Crippen molar-refractivity contribution in [2.45, 2.75) is 25.8 Å². The number of likely N-dealkylation sites (N-methyl/N-ethyl adjacent to an activating group) is 1. The minimum Gasteiger partial charge on any atom is -0.370 e. The minimum atomic E-state index is 0.758. The first-order valence-electron chi connectivity index (χ1n) is 9.98. The Morgan fingerprint density at radius 2 is 2.04 bits per heavy atom. The Hall–Kier alpha value is -1.21. The molecular weight excluding hydrogens is 344 g/mol. The van der Waals surface area contributed by atoms with E-state index in [0.29, 0.717) is 0 Å². The Kier molecular flexibility index (Phi) is 7.25. The Labute approximate surface area is 163 Å². The van der Waals surface area contributed by atoms with Gasteiger partial charge in [0.05, 0.1) is 26.3 Å². The first kappa shape index (κ1) is 19.5. The maximum Gasteiger partial charge on any atom is 0.173 e. The van der Waals surface area contributed by atoms with Crippen molar-refractivity contribution in [3.8, 4) is 0 Å². The smallest absolute Gasteiger partial charge is 0.173 e.